The number of rotatable bonds is 7. The summed E-state index contributed by atoms with van der Waals surface area (Å²) in [5.41, 5.74) is 5.15. The maximum atomic E-state index is 11.7. The van der Waals surface area contributed by atoms with E-state index in [-0.39, 0.29) is 5.97 Å². The van der Waals surface area contributed by atoms with E-state index in [0.717, 1.165) is 12.5 Å². The van der Waals surface area contributed by atoms with Crippen molar-refractivity contribution in [3.05, 3.63) is 0 Å². The van der Waals surface area contributed by atoms with Crippen LogP contribution in [-0.4, -0.2) is 42.6 Å². The van der Waals surface area contributed by atoms with Gasteiger partial charge in [0.05, 0.1) is 6.61 Å². The second-order valence-electron chi connectivity index (χ2n) is 5.57. The Morgan fingerprint density at radius 3 is 2.65 bits per heavy atom. The molecule has 0 amide bonds. The number of hydrogen-bond acceptors (Lipinski definition) is 4. The Kier molecular flexibility index (Phi) is 4.95. The van der Waals surface area contributed by atoms with Gasteiger partial charge < -0.3 is 15.4 Å². The summed E-state index contributed by atoms with van der Waals surface area (Å²) in [6.07, 6.45) is 3.32. The summed E-state index contributed by atoms with van der Waals surface area (Å²) in [4.78, 5) is 14.0. The minimum Gasteiger partial charge on any atom is -0.465 e. The molecule has 17 heavy (non-hydrogen) atoms. The van der Waals surface area contributed by atoms with Crippen LogP contribution in [0.5, 0.6) is 0 Å². The van der Waals surface area contributed by atoms with Gasteiger partial charge in [0, 0.05) is 12.6 Å². The molecule has 0 saturated heterocycles. The molecule has 0 bridgehead atoms. The lowest BCUT2D eigenvalue weighted by molar-refractivity contribution is -0.149. The largest absolute Gasteiger partial charge is 0.465 e. The lowest BCUT2D eigenvalue weighted by Crippen LogP contribution is -2.50. The summed E-state index contributed by atoms with van der Waals surface area (Å²) in [7, 11) is 2.10. The van der Waals surface area contributed by atoms with Gasteiger partial charge >= 0.3 is 5.97 Å². The molecule has 0 heterocycles. The molecule has 1 fully saturated rings. The molecule has 4 nitrogen and oxygen atoms in total. The molecule has 1 aliphatic carbocycles. The fourth-order valence-corrected chi connectivity index (χ4v) is 2.04. The van der Waals surface area contributed by atoms with Crippen LogP contribution in [0.1, 0.15) is 40.0 Å². The SMILES string of the molecule is CCOC(=O)C(C)(N)CC(C)N(C)CC1CC1. The Balaban J connectivity index is 2.41. The van der Waals surface area contributed by atoms with Gasteiger partial charge in [-0.15, -0.1) is 0 Å². The van der Waals surface area contributed by atoms with E-state index in [1.54, 1.807) is 13.8 Å². The summed E-state index contributed by atoms with van der Waals surface area (Å²) < 4.78 is 5.00. The van der Waals surface area contributed by atoms with E-state index in [2.05, 4.69) is 18.9 Å². The van der Waals surface area contributed by atoms with Crippen LogP contribution in [0.4, 0.5) is 0 Å². The topological polar surface area (TPSA) is 55.6 Å². The highest BCUT2D eigenvalue weighted by molar-refractivity contribution is 5.80. The van der Waals surface area contributed by atoms with Gasteiger partial charge in [0.2, 0.25) is 0 Å². The molecule has 0 aliphatic heterocycles. The van der Waals surface area contributed by atoms with Gasteiger partial charge in [0.15, 0.2) is 0 Å². The van der Waals surface area contributed by atoms with Crippen molar-refractivity contribution >= 4 is 5.97 Å². The van der Waals surface area contributed by atoms with Gasteiger partial charge in [-0.1, -0.05) is 0 Å². The van der Waals surface area contributed by atoms with Crippen LogP contribution in [0.2, 0.25) is 0 Å². The van der Waals surface area contributed by atoms with Gasteiger partial charge in [-0.05, 0) is 53.0 Å². The molecule has 2 unspecified atom stereocenters. The summed E-state index contributed by atoms with van der Waals surface area (Å²) in [6.45, 7) is 7.17. The molecule has 0 aromatic rings. The van der Waals surface area contributed by atoms with E-state index in [1.807, 2.05) is 0 Å². The van der Waals surface area contributed by atoms with E-state index in [0.29, 0.717) is 19.1 Å². The number of nitrogens with zero attached hydrogens (tertiary/aromatic N) is 1. The fraction of sp³-hybridized carbons (Fsp3) is 0.923. The molecule has 2 atom stereocenters. The van der Waals surface area contributed by atoms with Crippen LogP contribution in [0, 0.1) is 5.92 Å². The molecule has 4 heteroatoms. The van der Waals surface area contributed by atoms with Crippen molar-refractivity contribution in [3.63, 3.8) is 0 Å². The minimum absolute atomic E-state index is 0.299. The highest BCUT2D eigenvalue weighted by Gasteiger charge is 2.34. The molecule has 0 aromatic heterocycles. The second kappa shape index (κ2) is 5.83. The predicted octanol–water partition coefficient (Wildman–Crippen LogP) is 1.39. The molecule has 0 spiro atoms. The zero-order chi connectivity index (χ0) is 13.1. The van der Waals surface area contributed by atoms with Crippen molar-refractivity contribution in [2.75, 3.05) is 20.2 Å². The molecular weight excluding hydrogens is 216 g/mol. The zero-order valence-corrected chi connectivity index (χ0v) is 11.5. The van der Waals surface area contributed by atoms with Crippen LogP contribution < -0.4 is 5.73 Å². The second-order valence-corrected chi connectivity index (χ2v) is 5.57. The van der Waals surface area contributed by atoms with Crippen LogP contribution in [-0.2, 0) is 9.53 Å². The third kappa shape index (κ3) is 4.64. The molecule has 1 rings (SSSR count). The minimum atomic E-state index is -0.882. The van der Waals surface area contributed by atoms with Crippen molar-refractivity contribution < 1.29 is 9.53 Å². The first-order valence-electron chi connectivity index (χ1n) is 6.53. The van der Waals surface area contributed by atoms with E-state index < -0.39 is 5.54 Å². The highest BCUT2D eigenvalue weighted by Crippen LogP contribution is 2.30. The number of hydrogen-bond donors (Lipinski definition) is 1. The van der Waals surface area contributed by atoms with Crippen LogP contribution in [0.3, 0.4) is 0 Å². The summed E-state index contributed by atoms with van der Waals surface area (Å²) >= 11 is 0. The summed E-state index contributed by atoms with van der Waals surface area (Å²) in [5, 5.41) is 0. The van der Waals surface area contributed by atoms with Crippen LogP contribution >= 0.6 is 0 Å². The number of ether oxygens (including phenoxy) is 1. The average molecular weight is 242 g/mol. The van der Waals surface area contributed by atoms with Crippen molar-refractivity contribution in [2.45, 2.75) is 51.6 Å². The molecular formula is C13H26N2O2. The molecule has 0 aromatic carbocycles. The first kappa shape index (κ1) is 14.5. The normalized spacial score (nSPS) is 21.1. The predicted molar refractivity (Wildman–Crippen MR) is 68.7 cm³/mol. The van der Waals surface area contributed by atoms with Crippen LogP contribution in [0.15, 0.2) is 0 Å². The number of carbonyl (C=O) groups is 1. The summed E-state index contributed by atoms with van der Waals surface area (Å²) in [6, 6.07) is 0.301. The fourth-order valence-electron chi connectivity index (χ4n) is 2.04. The van der Waals surface area contributed by atoms with Crippen molar-refractivity contribution in [1.29, 1.82) is 0 Å². The lowest BCUT2D eigenvalue weighted by atomic mass is 9.94. The van der Waals surface area contributed by atoms with Crippen molar-refractivity contribution in [2.24, 2.45) is 11.7 Å². The maximum absolute atomic E-state index is 11.7. The third-order valence-electron chi connectivity index (χ3n) is 3.46. The van der Waals surface area contributed by atoms with E-state index in [9.17, 15) is 4.79 Å². The van der Waals surface area contributed by atoms with Gasteiger partial charge in [-0.2, -0.15) is 0 Å². The Bertz CT molecular complexity index is 262. The van der Waals surface area contributed by atoms with Gasteiger partial charge in [0.1, 0.15) is 5.54 Å². The molecule has 2 N–H and O–H groups in total. The first-order chi connectivity index (χ1) is 7.86. The van der Waals surface area contributed by atoms with Crippen molar-refractivity contribution in [1.82, 2.24) is 4.90 Å². The first-order valence-corrected chi connectivity index (χ1v) is 6.53. The molecule has 1 aliphatic rings. The smallest absolute Gasteiger partial charge is 0.325 e. The standard InChI is InChI=1S/C13H26N2O2/c1-5-17-12(16)13(3,14)8-10(2)15(4)9-11-6-7-11/h10-11H,5-9,14H2,1-4H3. The maximum Gasteiger partial charge on any atom is 0.325 e. The third-order valence-corrected chi connectivity index (χ3v) is 3.46. The quantitative estimate of drug-likeness (QED) is 0.685. The highest BCUT2D eigenvalue weighted by atomic mass is 16.5. The molecule has 1 saturated carbocycles. The van der Waals surface area contributed by atoms with E-state index in [4.69, 9.17) is 10.5 Å². The number of esters is 1. The summed E-state index contributed by atoms with van der Waals surface area (Å²) in [5.74, 6) is 0.556. The van der Waals surface area contributed by atoms with Gasteiger partial charge in [-0.25, -0.2) is 0 Å². The van der Waals surface area contributed by atoms with Gasteiger partial charge in [-0.3, -0.25) is 4.79 Å². The lowest BCUT2D eigenvalue weighted by Gasteiger charge is -2.31. The Labute approximate surface area is 104 Å². The average Bonchev–Trinajstić information content (AvgIpc) is 3.01. The Morgan fingerprint density at radius 1 is 1.59 bits per heavy atom. The van der Waals surface area contributed by atoms with E-state index >= 15 is 0 Å². The number of nitrogens with two attached hydrogens (primary N) is 1. The van der Waals surface area contributed by atoms with Crippen LogP contribution in [0.25, 0.3) is 0 Å². The Hall–Kier alpha value is -0.610. The van der Waals surface area contributed by atoms with Crippen molar-refractivity contribution in [3.8, 4) is 0 Å². The van der Waals surface area contributed by atoms with Gasteiger partial charge in [0.25, 0.3) is 0 Å². The Morgan fingerprint density at radius 2 is 2.18 bits per heavy atom. The monoisotopic (exact) mass is 242 g/mol. The zero-order valence-electron chi connectivity index (χ0n) is 11.5. The molecule has 0 radical (unpaired) electrons. The molecule has 100 valence electrons. The number of carbonyl (C=O) groups excluding carboxylic acids is 1. The van der Waals surface area contributed by atoms with E-state index in [1.165, 1.54) is 12.8 Å².